The molecule has 1 rings (SSSR count). The minimum absolute atomic E-state index is 0. The highest BCUT2D eigenvalue weighted by molar-refractivity contribution is 7.85. The van der Waals surface area contributed by atoms with E-state index in [-0.39, 0.29) is 18.2 Å². The fraction of sp³-hybridized carbons (Fsp3) is 0.571. The average Bonchev–Trinajstić information content (AvgIpc) is 2.48. The first-order valence-electron chi connectivity index (χ1n) is 4.05. The Hall–Kier alpha value is -0.590. The normalized spacial score (nSPS) is 10.9. The molecule has 0 unspecified atom stereocenters. The molecule has 2 N–H and O–H groups in total. The molecule has 1 heterocycles. The summed E-state index contributed by atoms with van der Waals surface area (Å²) in [6, 6.07) is 0. The van der Waals surface area contributed by atoms with Gasteiger partial charge in [-0.1, -0.05) is 0 Å². The molecular weight excluding hydrogens is 228 g/mol. The number of aryl methyl sites for hydroxylation is 1. The van der Waals surface area contributed by atoms with Crippen molar-refractivity contribution < 1.29 is 29.9 Å². The van der Waals surface area contributed by atoms with E-state index < -0.39 is 10.1 Å². The number of nitrogens with one attached hydrogen (secondary N) is 1. The van der Waals surface area contributed by atoms with Gasteiger partial charge in [-0.3, -0.25) is 9.54 Å². The van der Waals surface area contributed by atoms with Gasteiger partial charge in [-0.25, -0.2) is 4.57 Å². The summed E-state index contributed by atoms with van der Waals surface area (Å²) in [5.41, 5.74) is 0. The van der Waals surface area contributed by atoms with Gasteiger partial charge >= 0.3 is 0 Å². The maximum Gasteiger partial charge on any atom is 0.264 e. The monoisotopic (exact) mass is 240 g/mol. The van der Waals surface area contributed by atoms with Crippen molar-refractivity contribution in [2.24, 2.45) is 0 Å². The standard InChI is InChI=1S/C7H12N2O3S.ClH/c10-13(11,12)6-2-1-4-9-5-3-8-7-9;/h3,5,7H,1-2,4,6H2,(H,10,11,12);1H. The topological polar surface area (TPSA) is 74.0 Å². The van der Waals surface area contributed by atoms with Crippen LogP contribution in [0.15, 0.2) is 18.7 Å². The molecule has 0 spiro atoms. The van der Waals surface area contributed by atoms with Crippen molar-refractivity contribution >= 4 is 10.1 Å². The molecule has 5 nitrogen and oxygen atoms in total. The Morgan fingerprint density at radius 1 is 1.36 bits per heavy atom. The Morgan fingerprint density at radius 2 is 2.07 bits per heavy atom. The molecule has 0 radical (unpaired) electrons. The number of H-pyrrole nitrogens is 1. The van der Waals surface area contributed by atoms with Gasteiger partial charge in [0.05, 0.1) is 12.3 Å². The highest BCUT2D eigenvalue weighted by Gasteiger charge is 2.04. The van der Waals surface area contributed by atoms with Crippen LogP contribution in [0.5, 0.6) is 0 Å². The average molecular weight is 241 g/mol. The first-order chi connectivity index (χ1) is 6.08. The number of nitrogens with zero attached hydrogens (tertiary/aromatic N) is 1. The molecule has 7 heteroatoms. The number of halogens is 1. The van der Waals surface area contributed by atoms with Crippen LogP contribution >= 0.6 is 0 Å². The van der Waals surface area contributed by atoms with Gasteiger partial charge in [0.2, 0.25) is 6.33 Å². The highest BCUT2D eigenvalue weighted by Crippen LogP contribution is 1.93. The Balaban J connectivity index is 0.00000169. The predicted octanol–water partition coefficient (Wildman–Crippen LogP) is -3.03. The molecule has 1 aromatic rings. The lowest BCUT2D eigenvalue weighted by molar-refractivity contribution is -0.696. The van der Waals surface area contributed by atoms with Crippen LogP contribution < -0.4 is 17.0 Å². The first-order valence-corrected chi connectivity index (χ1v) is 5.66. The van der Waals surface area contributed by atoms with E-state index in [1.807, 2.05) is 10.8 Å². The molecule has 0 aromatic carbocycles. The number of hydrogen-bond donors (Lipinski definition) is 2. The summed E-state index contributed by atoms with van der Waals surface area (Å²) in [5.74, 6) is -0.155. The second kappa shape index (κ2) is 6.00. The van der Waals surface area contributed by atoms with Crippen molar-refractivity contribution in [2.45, 2.75) is 19.4 Å². The third kappa shape index (κ3) is 5.95. The quantitative estimate of drug-likeness (QED) is 0.327. The molecule has 0 amide bonds. The van der Waals surface area contributed by atoms with Crippen LogP contribution in [0.3, 0.4) is 0 Å². The van der Waals surface area contributed by atoms with Crippen molar-refractivity contribution in [3.05, 3.63) is 18.7 Å². The minimum Gasteiger partial charge on any atom is -1.00 e. The number of imidazole rings is 1. The molecule has 0 aliphatic rings. The predicted molar refractivity (Wildman–Crippen MR) is 46.6 cm³/mol. The van der Waals surface area contributed by atoms with Crippen molar-refractivity contribution in [1.29, 1.82) is 0 Å². The van der Waals surface area contributed by atoms with E-state index in [4.69, 9.17) is 4.55 Å². The Labute approximate surface area is 89.3 Å². The van der Waals surface area contributed by atoms with Crippen LogP contribution in [0, 0.1) is 0 Å². The van der Waals surface area contributed by atoms with Crippen molar-refractivity contribution in [3.63, 3.8) is 0 Å². The molecule has 0 aliphatic heterocycles. The molecule has 14 heavy (non-hydrogen) atoms. The molecule has 0 saturated heterocycles. The van der Waals surface area contributed by atoms with Crippen molar-refractivity contribution in [3.8, 4) is 0 Å². The zero-order chi connectivity index (χ0) is 9.73. The van der Waals surface area contributed by atoms with Crippen LogP contribution in [-0.2, 0) is 16.7 Å². The summed E-state index contributed by atoms with van der Waals surface area (Å²) in [6.45, 7) is 0.763. The summed E-state index contributed by atoms with van der Waals surface area (Å²) in [7, 11) is -3.78. The van der Waals surface area contributed by atoms with Crippen LogP contribution in [0.4, 0.5) is 0 Å². The lowest BCUT2D eigenvalue weighted by Gasteiger charge is -1.96. The summed E-state index contributed by atoms with van der Waals surface area (Å²) < 4.78 is 31.0. The SMILES string of the molecule is O=S(=O)(O)CCCC[n+]1cc[nH]c1.[Cl-]. The summed E-state index contributed by atoms with van der Waals surface area (Å²) in [6.07, 6.45) is 6.68. The first kappa shape index (κ1) is 13.4. The fourth-order valence-corrected chi connectivity index (χ4v) is 1.61. The third-order valence-corrected chi connectivity index (χ3v) is 2.48. The van der Waals surface area contributed by atoms with Gasteiger partial charge in [-0.2, -0.15) is 8.42 Å². The number of rotatable bonds is 5. The minimum atomic E-state index is -3.78. The van der Waals surface area contributed by atoms with E-state index in [9.17, 15) is 8.42 Å². The van der Waals surface area contributed by atoms with E-state index in [0.717, 1.165) is 13.0 Å². The van der Waals surface area contributed by atoms with Crippen LogP contribution in [0.2, 0.25) is 0 Å². The van der Waals surface area contributed by atoms with E-state index in [1.165, 1.54) is 0 Å². The van der Waals surface area contributed by atoms with Gasteiger partial charge in [-0.15, -0.1) is 0 Å². The number of unbranched alkanes of at least 4 members (excludes halogenated alkanes) is 1. The van der Waals surface area contributed by atoms with Crippen LogP contribution in [-0.4, -0.2) is 23.7 Å². The Morgan fingerprint density at radius 3 is 2.57 bits per heavy atom. The van der Waals surface area contributed by atoms with Gasteiger partial charge < -0.3 is 12.4 Å². The number of hydrogen-bond acceptors (Lipinski definition) is 2. The lowest BCUT2D eigenvalue weighted by Crippen LogP contribution is -3.00. The van der Waals surface area contributed by atoms with E-state index in [0.29, 0.717) is 6.42 Å². The Bertz CT molecular complexity index is 336. The zero-order valence-corrected chi connectivity index (χ0v) is 9.13. The molecule has 0 aliphatic carbocycles. The largest absolute Gasteiger partial charge is 1.00 e. The van der Waals surface area contributed by atoms with E-state index in [1.54, 1.807) is 12.5 Å². The molecule has 0 bridgehead atoms. The van der Waals surface area contributed by atoms with Gasteiger partial charge in [0.1, 0.15) is 12.4 Å². The fourth-order valence-electron chi connectivity index (χ4n) is 1.04. The maximum absolute atomic E-state index is 10.3. The van der Waals surface area contributed by atoms with Gasteiger partial charge in [-0.05, 0) is 12.8 Å². The molecule has 0 atom stereocenters. The smallest absolute Gasteiger partial charge is 0.264 e. The summed E-state index contributed by atoms with van der Waals surface area (Å²) in [4.78, 5) is 2.88. The van der Waals surface area contributed by atoms with Crippen LogP contribution in [0.1, 0.15) is 12.8 Å². The van der Waals surface area contributed by atoms with Gasteiger partial charge in [0, 0.05) is 0 Å². The van der Waals surface area contributed by atoms with Gasteiger partial charge in [0.25, 0.3) is 10.1 Å². The van der Waals surface area contributed by atoms with Gasteiger partial charge in [0.15, 0.2) is 0 Å². The molecule has 1 aromatic heterocycles. The molecular formula is C7H13ClN2O3S. The highest BCUT2D eigenvalue weighted by atomic mass is 35.5. The molecule has 0 saturated carbocycles. The molecule has 82 valence electrons. The second-order valence-corrected chi connectivity index (χ2v) is 4.41. The Kier molecular flexibility index (Phi) is 5.75. The van der Waals surface area contributed by atoms with Crippen molar-refractivity contribution in [1.82, 2.24) is 4.98 Å². The number of aromatic nitrogens is 2. The van der Waals surface area contributed by atoms with Crippen LogP contribution in [0.25, 0.3) is 0 Å². The van der Waals surface area contributed by atoms with E-state index in [2.05, 4.69) is 4.98 Å². The second-order valence-electron chi connectivity index (χ2n) is 2.84. The molecule has 0 fully saturated rings. The lowest BCUT2D eigenvalue weighted by atomic mass is 10.3. The van der Waals surface area contributed by atoms with Crippen molar-refractivity contribution in [2.75, 3.05) is 5.75 Å². The maximum atomic E-state index is 10.3. The number of aromatic amines is 1. The third-order valence-electron chi connectivity index (χ3n) is 1.67. The summed E-state index contributed by atoms with van der Waals surface area (Å²) in [5, 5.41) is 0. The summed E-state index contributed by atoms with van der Waals surface area (Å²) >= 11 is 0. The zero-order valence-electron chi connectivity index (χ0n) is 7.56. The van der Waals surface area contributed by atoms with E-state index >= 15 is 0 Å².